The molecule has 0 bridgehead atoms. The van der Waals surface area contributed by atoms with Crippen molar-refractivity contribution >= 4 is 14.1 Å². The molecular formula is C37H66O3Si. The number of rotatable bonds is 4. The molecule has 5 fully saturated rings. The molecule has 236 valence electrons. The van der Waals surface area contributed by atoms with Crippen LogP contribution >= 0.6 is 0 Å². The summed E-state index contributed by atoms with van der Waals surface area (Å²) in [6.45, 7) is 30.0. The minimum absolute atomic E-state index is 0.136. The van der Waals surface area contributed by atoms with Crippen LogP contribution in [0, 0.1) is 56.2 Å². The topological polar surface area (TPSA) is 46.5 Å². The van der Waals surface area contributed by atoms with Gasteiger partial charge in [-0.25, -0.2) is 0 Å². The predicted molar refractivity (Wildman–Crippen MR) is 173 cm³/mol. The highest BCUT2D eigenvalue weighted by molar-refractivity contribution is 6.74. The van der Waals surface area contributed by atoms with E-state index in [-0.39, 0.29) is 32.8 Å². The highest BCUT2D eigenvalue weighted by Crippen LogP contribution is 2.77. The van der Waals surface area contributed by atoms with Crippen molar-refractivity contribution in [1.29, 1.82) is 0 Å². The first-order chi connectivity index (χ1) is 18.6. The summed E-state index contributed by atoms with van der Waals surface area (Å²) in [5.41, 5.74) is 0.877. The molecule has 5 rings (SSSR count). The Bertz CT molecular complexity index is 1040. The molecule has 9 atom stereocenters. The van der Waals surface area contributed by atoms with Gasteiger partial charge in [-0.3, -0.25) is 4.79 Å². The lowest BCUT2D eigenvalue weighted by Gasteiger charge is -2.74. The van der Waals surface area contributed by atoms with Gasteiger partial charge in [0.2, 0.25) is 0 Å². The maximum atomic E-state index is 13.1. The molecule has 1 N–H and O–H groups in total. The quantitative estimate of drug-likeness (QED) is 0.334. The van der Waals surface area contributed by atoms with Crippen molar-refractivity contribution < 1.29 is 14.3 Å². The van der Waals surface area contributed by atoms with Crippen LogP contribution in [-0.2, 0) is 9.22 Å². The summed E-state index contributed by atoms with van der Waals surface area (Å²) in [5.74, 6) is 2.32. The van der Waals surface area contributed by atoms with Gasteiger partial charge >= 0.3 is 0 Å². The van der Waals surface area contributed by atoms with E-state index in [4.69, 9.17) is 4.43 Å². The zero-order chi connectivity index (χ0) is 30.7. The van der Waals surface area contributed by atoms with Gasteiger partial charge in [-0.2, -0.15) is 0 Å². The lowest BCUT2D eigenvalue weighted by molar-refractivity contribution is -0.271. The predicted octanol–water partition coefficient (Wildman–Crippen LogP) is 9.82. The molecular weight excluding hydrogens is 520 g/mol. The number of carbonyl (C=O) groups is 1. The van der Waals surface area contributed by atoms with E-state index in [0.717, 1.165) is 32.3 Å². The number of hydrogen-bond donors (Lipinski definition) is 1. The van der Waals surface area contributed by atoms with Crippen LogP contribution in [0.25, 0.3) is 0 Å². The zero-order valence-electron chi connectivity index (χ0n) is 29.1. The third kappa shape index (κ3) is 4.63. The fraction of sp³-hybridized carbons (Fsp3) is 0.973. The Balaban J connectivity index is 1.48. The molecule has 4 heteroatoms. The molecule has 5 aliphatic carbocycles. The van der Waals surface area contributed by atoms with E-state index in [1.165, 1.54) is 44.9 Å². The highest BCUT2D eigenvalue weighted by Gasteiger charge is 2.71. The van der Waals surface area contributed by atoms with E-state index in [1.54, 1.807) is 0 Å². The average Bonchev–Trinajstić information content (AvgIpc) is 2.83. The van der Waals surface area contributed by atoms with Gasteiger partial charge in [0.1, 0.15) is 5.78 Å². The second-order valence-electron chi connectivity index (χ2n) is 19.7. The number of aliphatic hydroxyl groups excluding tert-OH is 1. The minimum Gasteiger partial charge on any atom is -0.417 e. The second kappa shape index (κ2) is 9.65. The molecule has 0 aromatic carbocycles. The molecule has 5 aliphatic rings. The number of fused-ring (bicyclic) bond motifs is 7. The van der Waals surface area contributed by atoms with Crippen LogP contribution in [0.4, 0.5) is 0 Å². The molecule has 0 aromatic heterocycles. The van der Waals surface area contributed by atoms with Crippen LogP contribution in [0.2, 0.25) is 18.1 Å². The van der Waals surface area contributed by atoms with E-state index in [2.05, 4.69) is 82.3 Å². The summed E-state index contributed by atoms with van der Waals surface area (Å²) in [5, 5.41) is 12.6. The van der Waals surface area contributed by atoms with Crippen LogP contribution in [0.5, 0.6) is 0 Å². The number of ketones is 1. The zero-order valence-corrected chi connectivity index (χ0v) is 30.1. The Labute approximate surface area is 254 Å². The summed E-state index contributed by atoms with van der Waals surface area (Å²) >= 11 is 0. The van der Waals surface area contributed by atoms with Gasteiger partial charge in [-0.15, -0.1) is 0 Å². The molecule has 0 heterocycles. The number of hydrogen-bond acceptors (Lipinski definition) is 3. The Kier molecular flexibility index (Phi) is 7.58. The van der Waals surface area contributed by atoms with Gasteiger partial charge in [0.15, 0.2) is 8.32 Å². The van der Waals surface area contributed by atoms with E-state index < -0.39 is 8.32 Å². The number of carbonyl (C=O) groups excluding carboxylic acids is 1. The average molecular weight is 587 g/mol. The summed E-state index contributed by atoms with van der Waals surface area (Å²) in [4.78, 5) is 13.1. The minimum atomic E-state index is -1.79. The molecule has 0 spiro atoms. The monoisotopic (exact) mass is 586 g/mol. The molecule has 0 aliphatic heterocycles. The molecule has 0 saturated heterocycles. The molecule has 3 nitrogen and oxygen atoms in total. The molecule has 5 saturated carbocycles. The van der Waals surface area contributed by atoms with E-state index in [1.807, 2.05) is 0 Å². The van der Waals surface area contributed by atoms with Crippen molar-refractivity contribution in [3.8, 4) is 0 Å². The van der Waals surface area contributed by atoms with Gasteiger partial charge < -0.3 is 9.53 Å². The summed E-state index contributed by atoms with van der Waals surface area (Å²) in [6.07, 6.45) is 12.3. The van der Waals surface area contributed by atoms with Crippen molar-refractivity contribution in [2.24, 2.45) is 56.2 Å². The SMILES string of the molecule is CC1(C)CC[C@]2(CCO[Si](C)(C)C(C)(C)C)CC[C@]3(C)[C@H]([C@H](O)C[C@@H]4[C@@]5(C)CCC(=O)C(C)(C)[C@@H]5CC[C@]43C)[C@@H]2C1. The Hall–Kier alpha value is -0.193. The Morgan fingerprint density at radius 3 is 2.15 bits per heavy atom. The van der Waals surface area contributed by atoms with Crippen LogP contribution < -0.4 is 0 Å². The smallest absolute Gasteiger partial charge is 0.191 e. The molecule has 41 heavy (non-hydrogen) atoms. The van der Waals surface area contributed by atoms with E-state index in [9.17, 15) is 9.90 Å². The molecule has 0 unspecified atom stereocenters. The maximum Gasteiger partial charge on any atom is 0.191 e. The first kappa shape index (κ1) is 32.2. The standard InChI is InChI=1S/C37H66O3Si/c1-31(2,3)41(11,12)40-22-21-37-19-17-32(4,5)24-25(37)30-26(38)23-28-34(8)15-14-29(39)33(6,7)27(34)13-16-35(28,9)36(30,10)18-20-37/h25-28,30,38H,13-24H2,1-12H3/t25-,26+,27-,28+,30-,34-,35+,36+,37+/m0/s1. The maximum absolute atomic E-state index is 13.1. The first-order valence-electron chi connectivity index (χ1n) is 17.4. The van der Waals surface area contributed by atoms with Crippen LogP contribution in [-0.4, -0.2) is 31.9 Å². The number of Topliss-reactive ketones (excluding diaryl/α,β-unsaturated/α-hetero) is 1. The molecule has 0 aromatic rings. The van der Waals surface area contributed by atoms with Crippen molar-refractivity contribution in [2.45, 2.75) is 164 Å². The summed E-state index contributed by atoms with van der Waals surface area (Å²) < 4.78 is 6.84. The normalized spacial score (nSPS) is 47.5. The first-order valence-corrected chi connectivity index (χ1v) is 20.3. The lowest BCUT2D eigenvalue weighted by atomic mass is 9.31. The van der Waals surface area contributed by atoms with Crippen molar-refractivity contribution in [1.82, 2.24) is 0 Å². The molecule has 0 radical (unpaired) electrons. The fourth-order valence-electron chi connectivity index (χ4n) is 12.1. The fourth-order valence-corrected chi connectivity index (χ4v) is 13.1. The van der Waals surface area contributed by atoms with E-state index in [0.29, 0.717) is 40.3 Å². The van der Waals surface area contributed by atoms with Crippen molar-refractivity contribution in [2.75, 3.05) is 6.61 Å². The van der Waals surface area contributed by atoms with Gasteiger partial charge in [-0.1, -0.05) is 69.2 Å². The summed E-state index contributed by atoms with van der Waals surface area (Å²) in [6, 6.07) is 0. The second-order valence-corrected chi connectivity index (χ2v) is 24.5. The van der Waals surface area contributed by atoms with Gasteiger partial charge in [0.05, 0.1) is 6.10 Å². The lowest BCUT2D eigenvalue weighted by Crippen LogP contribution is -2.69. The molecule has 0 amide bonds. The summed E-state index contributed by atoms with van der Waals surface area (Å²) in [7, 11) is -1.79. The van der Waals surface area contributed by atoms with Gasteiger partial charge in [0.25, 0.3) is 0 Å². The van der Waals surface area contributed by atoms with Gasteiger partial charge in [-0.05, 0) is 133 Å². The van der Waals surface area contributed by atoms with Crippen molar-refractivity contribution in [3.05, 3.63) is 0 Å². The third-order valence-electron chi connectivity index (χ3n) is 16.0. The largest absolute Gasteiger partial charge is 0.417 e. The van der Waals surface area contributed by atoms with E-state index >= 15 is 0 Å². The van der Waals surface area contributed by atoms with Crippen LogP contribution in [0.3, 0.4) is 0 Å². The van der Waals surface area contributed by atoms with Crippen LogP contribution in [0.15, 0.2) is 0 Å². The third-order valence-corrected chi connectivity index (χ3v) is 20.6. The number of aliphatic hydroxyl groups is 1. The Morgan fingerprint density at radius 1 is 0.878 bits per heavy atom. The Morgan fingerprint density at radius 2 is 1.51 bits per heavy atom. The highest BCUT2D eigenvalue weighted by atomic mass is 28.4. The van der Waals surface area contributed by atoms with Crippen molar-refractivity contribution in [3.63, 3.8) is 0 Å². The van der Waals surface area contributed by atoms with Crippen LogP contribution in [0.1, 0.15) is 140 Å². The van der Waals surface area contributed by atoms with Gasteiger partial charge in [0, 0.05) is 18.4 Å².